The van der Waals surface area contributed by atoms with Crippen molar-refractivity contribution in [3.05, 3.63) is 70.3 Å². The molecule has 0 atom stereocenters. The van der Waals surface area contributed by atoms with Crippen molar-refractivity contribution in [1.82, 2.24) is 10.6 Å². The quantitative estimate of drug-likeness (QED) is 0.122. The van der Waals surface area contributed by atoms with Crippen molar-refractivity contribution in [3.8, 4) is 0 Å². The van der Waals surface area contributed by atoms with Crippen molar-refractivity contribution in [2.45, 2.75) is 19.3 Å². The number of nitrogens with one attached hydrogen (secondary N) is 3. The van der Waals surface area contributed by atoms with Crippen LogP contribution in [0, 0.1) is 0 Å². The molecule has 0 aromatic heterocycles. The van der Waals surface area contributed by atoms with Gasteiger partial charge in [0, 0.05) is 35.3 Å². The molecule has 0 unspecified atom stereocenters. The summed E-state index contributed by atoms with van der Waals surface area (Å²) in [6.45, 7) is 2.02. The fraction of sp³-hybridized carbons (Fsp3) is 0.292. The monoisotopic (exact) mass is 464 g/mol. The third-order valence-electron chi connectivity index (χ3n) is 5.25. The molecule has 2 aromatic rings. The van der Waals surface area contributed by atoms with Gasteiger partial charge in [-0.15, -0.1) is 0 Å². The van der Waals surface area contributed by atoms with Gasteiger partial charge in [0.25, 0.3) is 5.96 Å². The van der Waals surface area contributed by atoms with Crippen molar-refractivity contribution in [2.75, 3.05) is 26.2 Å². The van der Waals surface area contributed by atoms with E-state index in [1.54, 1.807) is 42.5 Å². The maximum Gasteiger partial charge on any atom is 0.348 e. The minimum atomic E-state index is -0.203. The Balaban J connectivity index is 1.47. The van der Waals surface area contributed by atoms with Crippen LogP contribution in [0.15, 0.2) is 47.5 Å². The Hall–Kier alpha value is -4.05. The Bertz CT molecular complexity index is 1140. The van der Waals surface area contributed by atoms with E-state index in [0.29, 0.717) is 60.4 Å². The van der Waals surface area contributed by atoms with Crippen LogP contribution in [0.4, 0.5) is 0 Å². The Labute approximate surface area is 197 Å². The van der Waals surface area contributed by atoms with Crippen LogP contribution in [0.25, 0.3) is 0 Å². The average molecular weight is 465 g/mol. The highest BCUT2D eigenvalue weighted by Gasteiger charge is 2.29. The molecule has 0 fully saturated rings. The summed E-state index contributed by atoms with van der Waals surface area (Å²) in [5, 5.41) is 5.57. The number of hydrogen-bond donors (Lipinski definition) is 6. The molecule has 0 radical (unpaired) electrons. The number of carbonyl (C=O) groups is 3. The van der Waals surface area contributed by atoms with Crippen LogP contribution in [0.1, 0.15) is 50.2 Å². The first kappa shape index (κ1) is 24.6. The van der Waals surface area contributed by atoms with Crippen LogP contribution in [0.5, 0.6) is 0 Å². The molecule has 0 aliphatic heterocycles. The van der Waals surface area contributed by atoms with E-state index in [1.165, 1.54) is 0 Å². The van der Waals surface area contributed by atoms with E-state index in [4.69, 9.17) is 17.2 Å². The first-order chi connectivity index (χ1) is 16.4. The molecule has 34 heavy (non-hydrogen) atoms. The van der Waals surface area contributed by atoms with E-state index >= 15 is 0 Å². The summed E-state index contributed by atoms with van der Waals surface area (Å²) >= 11 is 0. The highest BCUT2D eigenvalue weighted by molar-refractivity contribution is 6.28. The number of rotatable bonds is 9. The minimum Gasteiger partial charge on any atom is -0.357 e. The molecule has 10 nitrogen and oxygen atoms in total. The topological polar surface area (TPSA) is 180 Å². The molecule has 2 aromatic carbocycles. The molecule has 1 aliphatic carbocycles. The third kappa shape index (κ3) is 6.26. The second-order valence-electron chi connectivity index (χ2n) is 7.84. The summed E-state index contributed by atoms with van der Waals surface area (Å²) in [7, 11) is 0. The Morgan fingerprint density at radius 1 is 0.941 bits per heavy atom. The lowest BCUT2D eigenvalue weighted by atomic mass is 9.83. The molecule has 10 heteroatoms. The van der Waals surface area contributed by atoms with Crippen LogP contribution in [0.3, 0.4) is 0 Å². The van der Waals surface area contributed by atoms with Gasteiger partial charge in [0.1, 0.15) is 0 Å². The largest absolute Gasteiger partial charge is 0.357 e. The normalized spacial score (nSPS) is 13.3. The van der Waals surface area contributed by atoms with Crippen LogP contribution in [0.2, 0.25) is 0 Å². The predicted octanol–water partition coefficient (Wildman–Crippen LogP) is -1.84. The second-order valence-corrected chi connectivity index (χ2v) is 7.84. The van der Waals surface area contributed by atoms with Gasteiger partial charge in [-0.05, 0) is 31.0 Å². The summed E-state index contributed by atoms with van der Waals surface area (Å²) in [4.78, 5) is 44.9. The molecular formula is C24H30N7O3+. The molecule has 1 amide bonds. The van der Waals surface area contributed by atoms with Gasteiger partial charge in [-0.3, -0.25) is 25.1 Å². The molecular weight excluding hydrogens is 434 g/mol. The van der Waals surface area contributed by atoms with Crippen LogP contribution >= 0.6 is 0 Å². The molecule has 3 rings (SSSR count). The van der Waals surface area contributed by atoms with Crippen LogP contribution in [-0.2, 0) is 11.2 Å². The Morgan fingerprint density at radius 3 is 2.32 bits per heavy atom. The van der Waals surface area contributed by atoms with E-state index < -0.39 is 0 Å². The van der Waals surface area contributed by atoms with Gasteiger partial charge < -0.3 is 16.8 Å². The van der Waals surface area contributed by atoms with Gasteiger partial charge in [0.15, 0.2) is 11.6 Å². The summed E-state index contributed by atoms with van der Waals surface area (Å²) < 4.78 is 0. The molecule has 9 N–H and O–H groups in total. The number of nitrogens with two attached hydrogens (primary N) is 3. The smallest absolute Gasteiger partial charge is 0.348 e. The molecule has 1 aliphatic rings. The first-order valence-corrected chi connectivity index (χ1v) is 11.1. The number of benzene rings is 2. The summed E-state index contributed by atoms with van der Waals surface area (Å²) in [6, 6.07) is 11.7. The van der Waals surface area contributed by atoms with E-state index in [2.05, 4.69) is 20.6 Å². The van der Waals surface area contributed by atoms with Crippen LogP contribution < -0.4 is 32.8 Å². The van der Waals surface area contributed by atoms with Crippen molar-refractivity contribution >= 4 is 29.4 Å². The van der Waals surface area contributed by atoms with Crippen molar-refractivity contribution in [3.63, 3.8) is 0 Å². The van der Waals surface area contributed by atoms with Gasteiger partial charge in [-0.2, -0.15) is 0 Å². The highest BCUT2D eigenvalue weighted by Crippen LogP contribution is 2.27. The number of amides is 1. The number of carbonyl (C=O) groups excluding carboxylic acids is 3. The van der Waals surface area contributed by atoms with E-state index in [0.717, 1.165) is 6.42 Å². The third-order valence-corrected chi connectivity index (χ3v) is 5.25. The number of hydrogen-bond acceptors (Lipinski definition) is 5. The first-order valence-electron chi connectivity index (χ1n) is 11.1. The molecule has 0 spiro atoms. The Morgan fingerprint density at radius 2 is 1.62 bits per heavy atom. The maximum absolute atomic E-state index is 12.8. The van der Waals surface area contributed by atoms with E-state index in [1.807, 2.05) is 0 Å². The van der Waals surface area contributed by atoms with Gasteiger partial charge >= 0.3 is 5.96 Å². The number of guanidine groups is 2. The number of nitrogens with zero attached hydrogens (tertiary/aromatic N) is 1. The second kappa shape index (κ2) is 11.7. The highest BCUT2D eigenvalue weighted by atomic mass is 16.2. The number of fused-ring (bicyclic) bond motifs is 2. The summed E-state index contributed by atoms with van der Waals surface area (Å²) in [5.74, 6) is -0.0779. The van der Waals surface area contributed by atoms with E-state index in [9.17, 15) is 14.4 Å². The fourth-order valence-electron chi connectivity index (χ4n) is 3.56. The molecule has 178 valence electrons. The zero-order chi connectivity index (χ0) is 24.5. The van der Waals surface area contributed by atoms with Gasteiger partial charge in [-0.25, -0.2) is 10.3 Å². The molecule has 0 heterocycles. The number of ketones is 2. The summed E-state index contributed by atoms with van der Waals surface area (Å²) in [5.41, 5.74) is 19.1. The van der Waals surface area contributed by atoms with E-state index in [-0.39, 0.29) is 35.8 Å². The standard InChI is InChI=1S/C24H29N7O3/c25-9-3-10-29-23(26)31-24(27)30-12-4-11-28-20(32)14-15-7-8-18-19(13-15)22(34)17-6-2-1-5-16(17)21(18)33/h1-2,5-8,13H,3-4,9-12,14,25H2,(H,28,32)(H5,26,27,29,30,31)/p+1. The molecule has 0 saturated carbocycles. The summed E-state index contributed by atoms with van der Waals surface area (Å²) in [6.07, 6.45) is 1.48. The number of aliphatic imine (C=N–C) groups is 1. The van der Waals surface area contributed by atoms with Gasteiger partial charge in [0.05, 0.1) is 13.0 Å². The Kier molecular flexibility index (Phi) is 8.47. The lowest BCUT2D eigenvalue weighted by Crippen LogP contribution is -2.79. The molecule has 0 saturated heterocycles. The fourth-order valence-corrected chi connectivity index (χ4v) is 3.56. The SMILES string of the molecule is NCCCN=C(N)NC(N)=[NH+]CCCNC(=O)Cc1ccc2c(c1)C(=O)c1ccccc1C2=O. The zero-order valence-electron chi connectivity index (χ0n) is 18.9. The van der Waals surface area contributed by atoms with Gasteiger partial charge in [-0.1, -0.05) is 36.4 Å². The van der Waals surface area contributed by atoms with Crippen molar-refractivity contribution in [2.24, 2.45) is 22.2 Å². The van der Waals surface area contributed by atoms with Crippen molar-refractivity contribution in [1.29, 1.82) is 0 Å². The maximum atomic E-state index is 12.8. The lowest BCUT2D eigenvalue weighted by Gasteiger charge is -2.18. The van der Waals surface area contributed by atoms with Crippen LogP contribution in [-0.4, -0.2) is 55.6 Å². The van der Waals surface area contributed by atoms with Crippen molar-refractivity contribution < 1.29 is 19.4 Å². The lowest BCUT2D eigenvalue weighted by molar-refractivity contribution is -0.460. The molecule has 0 bridgehead atoms. The zero-order valence-corrected chi connectivity index (χ0v) is 18.9. The minimum absolute atomic E-state index is 0.107. The average Bonchev–Trinajstić information content (AvgIpc) is 2.82. The van der Waals surface area contributed by atoms with Gasteiger partial charge in [0.2, 0.25) is 5.91 Å². The predicted molar refractivity (Wildman–Crippen MR) is 129 cm³/mol.